The van der Waals surface area contributed by atoms with Gasteiger partial charge >= 0.3 is 0 Å². The molecule has 0 aliphatic carbocycles. The molecule has 0 bridgehead atoms. The van der Waals surface area contributed by atoms with Gasteiger partial charge in [-0.2, -0.15) is 5.10 Å². The van der Waals surface area contributed by atoms with Crippen LogP contribution in [0.2, 0.25) is 0 Å². The van der Waals surface area contributed by atoms with Crippen LogP contribution in [0.1, 0.15) is 34.1 Å². The Hall–Kier alpha value is -3.55. The Morgan fingerprint density at radius 1 is 1.09 bits per heavy atom. The zero-order valence-electron chi connectivity index (χ0n) is 18.1. The maximum Gasteiger partial charge on any atom is 0.252 e. The van der Waals surface area contributed by atoms with Gasteiger partial charge in [0.2, 0.25) is 0 Å². The number of nitrogens with zero attached hydrogens (tertiary/aromatic N) is 3. The van der Waals surface area contributed by atoms with Crippen LogP contribution in [0.25, 0.3) is 22.3 Å². The molecule has 32 heavy (non-hydrogen) atoms. The van der Waals surface area contributed by atoms with E-state index in [2.05, 4.69) is 10.4 Å². The molecule has 0 saturated carbocycles. The van der Waals surface area contributed by atoms with Gasteiger partial charge in [0, 0.05) is 12.6 Å². The van der Waals surface area contributed by atoms with Crippen molar-refractivity contribution in [2.75, 3.05) is 6.61 Å². The number of pyridine rings is 1. The van der Waals surface area contributed by atoms with Crippen molar-refractivity contribution >= 4 is 16.9 Å². The molecular weight excluding hydrogens is 404 g/mol. The van der Waals surface area contributed by atoms with E-state index in [9.17, 15) is 15.0 Å². The van der Waals surface area contributed by atoms with E-state index in [-0.39, 0.29) is 18.9 Å². The standard InChI is InChI=1S/C25H26N4O3/c1-16-23-20(14-21(17-9-5-3-6-10-17)27-24(23)29(2)28-16)25(32)26-19(15-30)13-22(31)18-11-7-4-8-12-18/h3-12,14,19,22,30-31H,13,15H2,1-2H3,(H,26,32)/t19-,22-/m1/s1. The smallest absolute Gasteiger partial charge is 0.252 e. The van der Waals surface area contributed by atoms with Crippen molar-refractivity contribution in [1.29, 1.82) is 0 Å². The molecule has 2 aromatic carbocycles. The summed E-state index contributed by atoms with van der Waals surface area (Å²) in [5.41, 5.74) is 4.04. The number of carbonyl (C=O) groups excluding carboxylic acids is 1. The molecule has 7 nitrogen and oxygen atoms in total. The van der Waals surface area contributed by atoms with Crippen LogP contribution in [-0.4, -0.2) is 43.5 Å². The number of aromatic nitrogens is 3. The fourth-order valence-electron chi connectivity index (χ4n) is 3.90. The number of aliphatic hydroxyl groups excluding tert-OH is 2. The van der Waals surface area contributed by atoms with E-state index < -0.39 is 12.1 Å². The predicted octanol–water partition coefficient (Wildman–Crippen LogP) is 3.16. The lowest BCUT2D eigenvalue weighted by Gasteiger charge is -2.20. The first kappa shape index (κ1) is 21.7. The van der Waals surface area contributed by atoms with Crippen LogP contribution < -0.4 is 5.32 Å². The number of benzene rings is 2. The molecule has 4 rings (SSSR count). The van der Waals surface area contributed by atoms with Gasteiger partial charge in [-0.3, -0.25) is 9.48 Å². The summed E-state index contributed by atoms with van der Waals surface area (Å²) in [5, 5.41) is 28.4. The van der Waals surface area contributed by atoms with Crippen molar-refractivity contribution in [3.05, 3.63) is 83.6 Å². The van der Waals surface area contributed by atoms with E-state index in [0.717, 1.165) is 11.1 Å². The molecule has 0 aliphatic heterocycles. The number of aryl methyl sites for hydroxylation is 2. The number of carbonyl (C=O) groups is 1. The summed E-state index contributed by atoms with van der Waals surface area (Å²) in [6, 6.07) is 20.0. The summed E-state index contributed by atoms with van der Waals surface area (Å²) < 4.78 is 1.66. The summed E-state index contributed by atoms with van der Waals surface area (Å²) in [7, 11) is 1.80. The number of fused-ring (bicyclic) bond motifs is 1. The van der Waals surface area contributed by atoms with Gasteiger partial charge in [0.1, 0.15) is 0 Å². The maximum absolute atomic E-state index is 13.3. The van der Waals surface area contributed by atoms with Crippen LogP contribution in [0.4, 0.5) is 0 Å². The largest absolute Gasteiger partial charge is 0.394 e. The fourth-order valence-corrected chi connectivity index (χ4v) is 3.90. The number of hydrogen-bond acceptors (Lipinski definition) is 5. The molecule has 2 atom stereocenters. The molecule has 7 heteroatoms. The van der Waals surface area contributed by atoms with Crippen LogP contribution in [-0.2, 0) is 7.05 Å². The third-order valence-electron chi connectivity index (χ3n) is 5.53. The molecule has 2 aromatic heterocycles. The molecular formula is C25H26N4O3. The molecule has 4 aromatic rings. The van der Waals surface area contributed by atoms with Crippen LogP contribution in [0.3, 0.4) is 0 Å². The van der Waals surface area contributed by atoms with Gasteiger partial charge in [-0.1, -0.05) is 60.7 Å². The SMILES string of the molecule is Cc1nn(C)c2nc(-c3ccccc3)cc(C(=O)N[C@@H](CO)C[C@@H](O)c3ccccc3)c12. The summed E-state index contributed by atoms with van der Waals surface area (Å²) in [6.45, 7) is 1.55. The first-order chi connectivity index (χ1) is 15.5. The third-order valence-corrected chi connectivity index (χ3v) is 5.53. The quantitative estimate of drug-likeness (QED) is 0.418. The molecule has 1 amide bonds. The lowest BCUT2D eigenvalue weighted by molar-refractivity contribution is 0.0867. The second kappa shape index (κ2) is 9.30. The number of aliphatic hydroxyl groups is 2. The molecule has 2 heterocycles. The minimum Gasteiger partial charge on any atom is -0.394 e. The van der Waals surface area contributed by atoms with Gasteiger partial charge in [-0.15, -0.1) is 0 Å². The van der Waals surface area contributed by atoms with E-state index in [0.29, 0.717) is 28.0 Å². The molecule has 0 radical (unpaired) electrons. The number of rotatable bonds is 7. The number of nitrogens with one attached hydrogen (secondary N) is 1. The number of amides is 1. The Balaban J connectivity index is 1.66. The zero-order valence-corrected chi connectivity index (χ0v) is 18.1. The van der Waals surface area contributed by atoms with Crippen molar-refractivity contribution in [2.45, 2.75) is 25.5 Å². The van der Waals surface area contributed by atoms with Gasteiger partial charge in [0.05, 0.1) is 41.1 Å². The minimum absolute atomic E-state index is 0.193. The van der Waals surface area contributed by atoms with Crippen LogP contribution in [0.15, 0.2) is 66.7 Å². The van der Waals surface area contributed by atoms with Crippen molar-refractivity contribution in [3.63, 3.8) is 0 Å². The molecule has 0 fully saturated rings. The molecule has 0 unspecified atom stereocenters. The highest BCUT2D eigenvalue weighted by atomic mass is 16.3. The third kappa shape index (κ3) is 4.39. The number of hydrogen-bond donors (Lipinski definition) is 3. The van der Waals surface area contributed by atoms with Gasteiger partial charge in [0.15, 0.2) is 5.65 Å². The zero-order chi connectivity index (χ0) is 22.7. The van der Waals surface area contributed by atoms with Crippen LogP contribution in [0.5, 0.6) is 0 Å². The first-order valence-electron chi connectivity index (χ1n) is 10.5. The van der Waals surface area contributed by atoms with Gasteiger partial charge in [-0.05, 0) is 25.0 Å². The summed E-state index contributed by atoms with van der Waals surface area (Å²) in [4.78, 5) is 18.0. The average Bonchev–Trinajstić information content (AvgIpc) is 3.12. The lowest BCUT2D eigenvalue weighted by atomic mass is 10.0. The van der Waals surface area contributed by atoms with E-state index >= 15 is 0 Å². The van der Waals surface area contributed by atoms with Crippen LogP contribution in [0, 0.1) is 6.92 Å². The average molecular weight is 431 g/mol. The highest BCUT2D eigenvalue weighted by Crippen LogP contribution is 2.27. The predicted molar refractivity (Wildman–Crippen MR) is 123 cm³/mol. The van der Waals surface area contributed by atoms with Crippen molar-refractivity contribution in [3.8, 4) is 11.3 Å². The molecule has 3 N–H and O–H groups in total. The van der Waals surface area contributed by atoms with Crippen molar-refractivity contribution in [2.24, 2.45) is 7.05 Å². The normalized spacial score (nSPS) is 13.1. The van der Waals surface area contributed by atoms with Crippen molar-refractivity contribution < 1.29 is 15.0 Å². The minimum atomic E-state index is -0.800. The first-order valence-corrected chi connectivity index (χ1v) is 10.5. The molecule has 0 spiro atoms. The van der Waals surface area contributed by atoms with Crippen molar-refractivity contribution in [1.82, 2.24) is 20.1 Å². The fraction of sp³-hybridized carbons (Fsp3) is 0.240. The maximum atomic E-state index is 13.3. The van der Waals surface area contributed by atoms with Gasteiger partial charge < -0.3 is 15.5 Å². The second-order valence-corrected chi connectivity index (χ2v) is 7.84. The van der Waals surface area contributed by atoms with Gasteiger partial charge in [-0.25, -0.2) is 4.98 Å². The van der Waals surface area contributed by atoms with E-state index in [4.69, 9.17) is 4.98 Å². The summed E-state index contributed by atoms with van der Waals surface area (Å²) in [6.07, 6.45) is -0.607. The van der Waals surface area contributed by atoms with Gasteiger partial charge in [0.25, 0.3) is 5.91 Å². The second-order valence-electron chi connectivity index (χ2n) is 7.84. The van der Waals surface area contributed by atoms with E-state index in [1.165, 1.54) is 0 Å². The Morgan fingerprint density at radius 3 is 2.41 bits per heavy atom. The van der Waals surface area contributed by atoms with E-state index in [1.54, 1.807) is 17.8 Å². The lowest BCUT2D eigenvalue weighted by Crippen LogP contribution is -2.38. The van der Waals surface area contributed by atoms with Crippen LogP contribution >= 0.6 is 0 Å². The molecule has 164 valence electrons. The molecule has 0 aliphatic rings. The summed E-state index contributed by atoms with van der Waals surface area (Å²) >= 11 is 0. The molecule has 0 saturated heterocycles. The Morgan fingerprint density at radius 2 is 1.75 bits per heavy atom. The topological polar surface area (TPSA) is 100 Å². The monoisotopic (exact) mass is 430 g/mol. The summed E-state index contributed by atoms with van der Waals surface area (Å²) in [5.74, 6) is -0.343. The Bertz CT molecular complexity index is 1220. The highest BCUT2D eigenvalue weighted by molar-refractivity contribution is 6.07. The Labute approximate surface area is 186 Å². The Kier molecular flexibility index (Phi) is 6.30. The van der Waals surface area contributed by atoms with E-state index in [1.807, 2.05) is 67.6 Å². The highest BCUT2D eigenvalue weighted by Gasteiger charge is 2.23.